The van der Waals surface area contributed by atoms with E-state index < -0.39 is 0 Å². The van der Waals surface area contributed by atoms with E-state index in [4.69, 9.17) is 4.74 Å². The molecule has 25 heavy (non-hydrogen) atoms. The van der Waals surface area contributed by atoms with E-state index in [2.05, 4.69) is 10.2 Å². The Balaban J connectivity index is 1.65. The maximum atomic E-state index is 13.7. The number of amides is 1. The van der Waals surface area contributed by atoms with Gasteiger partial charge in [0.1, 0.15) is 11.6 Å². The highest BCUT2D eigenvalue weighted by Gasteiger charge is 2.16. The zero-order valence-corrected chi connectivity index (χ0v) is 14.4. The van der Waals surface area contributed by atoms with Crippen molar-refractivity contribution in [3.63, 3.8) is 0 Å². The molecule has 1 saturated heterocycles. The van der Waals surface area contributed by atoms with Crippen LogP contribution in [0.1, 0.15) is 24.8 Å². The van der Waals surface area contributed by atoms with Gasteiger partial charge in [0.05, 0.1) is 11.4 Å². The lowest BCUT2D eigenvalue weighted by Gasteiger charge is -2.30. The summed E-state index contributed by atoms with van der Waals surface area (Å²) in [4.78, 5) is 14.4. The summed E-state index contributed by atoms with van der Waals surface area (Å²) in [6.45, 7) is 3.73. The first-order valence-corrected chi connectivity index (χ1v) is 8.65. The number of halogens is 1. The Morgan fingerprint density at radius 1 is 1.12 bits per heavy atom. The summed E-state index contributed by atoms with van der Waals surface area (Å²) in [7, 11) is 0. The molecule has 1 N–H and O–H groups in total. The minimum absolute atomic E-state index is 0.112. The molecule has 0 bridgehead atoms. The van der Waals surface area contributed by atoms with E-state index in [1.165, 1.54) is 18.6 Å². The molecule has 0 aromatic heterocycles. The fourth-order valence-electron chi connectivity index (χ4n) is 2.99. The molecular weight excluding hydrogens is 319 g/mol. The predicted octanol–water partition coefficient (Wildman–Crippen LogP) is 4.14. The van der Waals surface area contributed by atoms with Crippen LogP contribution in [0.2, 0.25) is 0 Å². The molecule has 0 unspecified atom stereocenters. The fourth-order valence-corrected chi connectivity index (χ4v) is 2.99. The minimum atomic E-state index is -0.365. The van der Waals surface area contributed by atoms with Crippen molar-refractivity contribution < 1.29 is 13.9 Å². The van der Waals surface area contributed by atoms with Crippen LogP contribution in [0.3, 0.4) is 0 Å². The highest BCUT2D eigenvalue weighted by molar-refractivity contribution is 5.95. The number of hydrogen-bond donors (Lipinski definition) is 1. The van der Waals surface area contributed by atoms with E-state index in [0.29, 0.717) is 11.4 Å². The van der Waals surface area contributed by atoms with Crippen LogP contribution in [-0.2, 0) is 4.79 Å². The third-order valence-corrected chi connectivity index (χ3v) is 4.32. The van der Waals surface area contributed by atoms with Gasteiger partial charge in [0.25, 0.3) is 5.91 Å². The third kappa shape index (κ3) is 4.72. The van der Waals surface area contributed by atoms with Crippen LogP contribution in [0.15, 0.2) is 42.5 Å². The molecular formula is C20H23FN2O2. The number of anilines is 2. The van der Waals surface area contributed by atoms with Gasteiger partial charge in [-0.15, -0.1) is 0 Å². The van der Waals surface area contributed by atoms with Crippen LogP contribution in [0.4, 0.5) is 15.8 Å². The SMILES string of the molecule is Cc1ccc(OCC(=O)Nc2cc(F)ccc2N2CCCCC2)cc1. The maximum absolute atomic E-state index is 13.7. The van der Waals surface area contributed by atoms with Crippen molar-refractivity contribution in [1.29, 1.82) is 0 Å². The molecule has 0 spiro atoms. The lowest BCUT2D eigenvalue weighted by molar-refractivity contribution is -0.118. The molecule has 2 aromatic rings. The lowest BCUT2D eigenvalue weighted by Crippen LogP contribution is -2.31. The number of aryl methyl sites for hydroxylation is 1. The molecule has 0 atom stereocenters. The predicted molar refractivity (Wildman–Crippen MR) is 97.8 cm³/mol. The smallest absolute Gasteiger partial charge is 0.262 e. The number of hydrogen-bond acceptors (Lipinski definition) is 3. The van der Waals surface area contributed by atoms with Crippen LogP contribution >= 0.6 is 0 Å². The molecule has 3 rings (SSSR count). The summed E-state index contributed by atoms with van der Waals surface area (Å²) in [5, 5.41) is 2.78. The van der Waals surface area contributed by atoms with E-state index in [9.17, 15) is 9.18 Å². The summed E-state index contributed by atoms with van der Waals surface area (Å²) < 4.78 is 19.1. The highest BCUT2D eigenvalue weighted by atomic mass is 19.1. The van der Waals surface area contributed by atoms with Gasteiger partial charge in [-0.2, -0.15) is 0 Å². The van der Waals surface area contributed by atoms with Gasteiger partial charge in [0, 0.05) is 13.1 Å². The number of nitrogens with one attached hydrogen (secondary N) is 1. The molecule has 0 aliphatic carbocycles. The number of nitrogens with zero attached hydrogens (tertiary/aromatic N) is 1. The van der Waals surface area contributed by atoms with Crippen LogP contribution < -0.4 is 15.0 Å². The van der Waals surface area contributed by atoms with E-state index in [1.807, 2.05) is 31.2 Å². The van der Waals surface area contributed by atoms with E-state index in [1.54, 1.807) is 6.07 Å². The molecule has 1 aliphatic heterocycles. The molecule has 5 heteroatoms. The summed E-state index contributed by atoms with van der Waals surface area (Å²) in [5.41, 5.74) is 2.49. The number of benzene rings is 2. The van der Waals surface area contributed by atoms with Gasteiger partial charge < -0.3 is 15.0 Å². The van der Waals surface area contributed by atoms with E-state index in [0.717, 1.165) is 37.2 Å². The molecule has 0 saturated carbocycles. The fraction of sp³-hybridized carbons (Fsp3) is 0.350. The highest BCUT2D eigenvalue weighted by Crippen LogP contribution is 2.29. The first-order chi connectivity index (χ1) is 12.1. The quantitative estimate of drug-likeness (QED) is 0.888. The molecule has 2 aromatic carbocycles. The Bertz CT molecular complexity index is 725. The molecule has 0 radical (unpaired) electrons. The van der Waals surface area contributed by atoms with Gasteiger partial charge in [0.15, 0.2) is 6.61 Å². The number of rotatable bonds is 5. The monoisotopic (exact) mass is 342 g/mol. The second kappa shape index (κ2) is 8.01. The van der Waals surface area contributed by atoms with Gasteiger partial charge in [-0.05, 0) is 56.5 Å². The van der Waals surface area contributed by atoms with Gasteiger partial charge >= 0.3 is 0 Å². The number of carbonyl (C=O) groups excluding carboxylic acids is 1. The van der Waals surface area contributed by atoms with E-state index in [-0.39, 0.29) is 18.3 Å². The van der Waals surface area contributed by atoms with Crippen molar-refractivity contribution in [2.75, 3.05) is 29.9 Å². The first kappa shape index (κ1) is 17.3. The van der Waals surface area contributed by atoms with Crippen LogP contribution in [0.5, 0.6) is 5.75 Å². The average molecular weight is 342 g/mol. The molecule has 1 fully saturated rings. The van der Waals surface area contributed by atoms with Gasteiger partial charge in [0.2, 0.25) is 0 Å². The maximum Gasteiger partial charge on any atom is 0.262 e. The topological polar surface area (TPSA) is 41.6 Å². The zero-order valence-electron chi connectivity index (χ0n) is 14.4. The molecule has 1 heterocycles. The summed E-state index contributed by atoms with van der Waals surface area (Å²) >= 11 is 0. The van der Waals surface area contributed by atoms with Crippen molar-refractivity contribution in [3.8, 4) is 5.75 Å². The van der Waals surface area contributed by atoms with Gasteiger partial charge in [-0.3, -0.25) is 4.79 Å². The Kier molecular flexibility index (Phi) is 5.53. The Morgan fingerprint density at radius 2 is 1.84 bits per heavy atom. The van der Waals surface area contributed by atoms with E-state index >= 15 is 0 Å². The van der Waals surface area contributed by atoms with Crippen molar-refractivity contribution in [3.05, 3.63) is 53.8 Å². The van der Waals surface area contributed by atoms with Gasteiger partial charge in [-0.1, -0.05) is 17.7 Å². The molecule has 132 valence electrons. The lowest BCUT2D eigenvalue weighted by atomic mass is 10.1. The van der Waals surface area contributed by atoms with Crippen molar-refractivity contribution in [2.45, 2.75) is 26.2 Å². The number of ether oxygens (including phenoxy) is 1. The average Bonchev–Trinajstić information content (AvgIpc) is 2.62. The van der Waals surface area contributed by atoms with Gasteiger partial charge in [-0.25, -0.2) is 4.39 Å². The van der Waals surface area contributed by atoms with Crippen LogP contribution in [-0.4, -0.2) is 25.6 Å². The van der Waals surface area contributed by atoms with Crippen LogP contribution in [0.25, 0.3) is 0 Å². The standard InChI is InChI=1S/C20H23FN2O2/c1-15-5-8-17(9-6-15)25-14-20(24)22-18-13-16(21)7-10-19(18)23-11-3-2-4-12-23/h5-10,13H,2-4,11-12,14H2,1H3,(H,22,24). The second-order valence-electron chi connectivity index (χ2n) is 6.36. The molecule has 4 nitrogen and oxygen atoms in total. The van der Waals surface area contributed by atoms with Crippen LogP contribution in [0, 0.1) is 12.7 Å². The first-order valence-electron chi connectivity index (χ1n) is 8.65. The summed E-state index contributed by atoms with van der Waals surface area (Å²) in [6.07, 6.45) is 3.44. The molecule has 1 aliphatic rings. The summed E-state index contributed by atoms with van der Waals surface area (Å²) in [6, 6.07) is 12.0. The Hall–Kier alpha value is -2.56. The largest absolute Gasteiger partial charge is 0.484 e. The third-order valence-electron chi connectivity index (χ3n) is 4.32. The van der Waals surface area contributed by atoms with Crippen molar-refractivity contribution in [1.82, 2.24) is 0 Å². The Labute approximate surface area is 147 Å². The van der Waals surface area contributed by atoms with Crippen molar-refractivity contribution >= 4 is 17.3 Å². The number of piperidine rings is 1. The Morgan fingerprint density at radius 3 is 2.56 bits per heavy atom. The minimum Gasteiger partial charge on any atom is -0.484 e. The summed E-state index contributed by atoms with van der Waals surface area (Å²) in [5.74, 6) is -0.0313. The number of carbonyl (C=O) groups is 1. The second-order valence-corrected chi connectivity index (χ2v) is 6.36. The zero-order chi connectivity index (χ0) is 17.6. The van der Waals surface area contributed by atoms with Crippen molar-refractivity contribution in [2.24, 2.45) is 0 Å². The normalized spacial score (nSPS) is 14.2. The molecule has 1 amide bonds.